The zero-order valence-electron chi connectivity index (χ0n) is 13.9. The summed E-state index contributed by atoms with van der Waals surface area (Å²) in [5, 5.41) is 3.23. The summed E-state index contributed by atoms with van der Waals surface area (Å²) in [5.41, 5.74) is 1.68. The lowest BCUT2D eigenvalue weighted by Crippen LogP contribution is -2.25. The van der Waals surface area contributed by atoms with Crippen LogP contribution in [-0.2, 0) is 0 Å². The highest BCUT2D eigenvalue weighted by atomic mass is 35.5. The number of ether oxygens (including phenoxy) is 2. The molecule has 0 saturated heterocycles. The number of thioether (sulfide) groups is 1. The summed E-state index contributed by atoms with van der Waals surface area (Å²) in [7, 11) is 3.01. The molecule has 6 heteroatoms. The Morgan fingerprint density at radius 3 is 2.50 bits per heavy atom. The molecule has 0 bridgehead atoms. The first kappa shape index (κ1) is 18.5. The Morgan fingerprint density at radius 1 is 1.17 bits per heavy atom. The average Bonchev–Trinajstić information content (AvgIpc) is 2.59. The standard InChI is InChI=1S/C18H20ClNO3S/c1-12-4-6-14(7-5-12)24-9-8-20-18(21)13-10-15(19)17(23-3)16(11-13)22-2/h4-7,10-11H,8-9H2,1-3H3,(H,20,21). The van der Waals surface area contributed by atoms with Gasteiger partial charge in [-0.15, -0.1) is 11.8 Å². The van der Waals surface area contributed by atoms with E-state index in [2.05, 4.69) is 36.5 Å². The third-order valence-electron chi connectivity index (χ3n) is 3.37. The van der Waals surface area contributed by atoms with Crippen LogP contribution in [0.15, 0.2) is 41.3 Å². The van der Waals surface area contributed by atoms with Crippen LogP contribution in [-0.4, -0.2) is 32.4 Å². The Labute approximate surface area is 151 Å². The first-order valence-corrected chi connectivity index (χ1v) is 8.80. The van der Waals surface area contributed by atoms with Crippen LogP contribution in [0.2, 0.25) is 5.02 Å². The minimum absolute atomic E-state index is 0.192. The lowest BCUT2D eigenvalue weighted by Gasteiger charge is -2.12. The molecule has 4 nitrogen and oxygen atoms in total. The van der Waals surface area contributed by atoms with E-state index in [1.54, 1.807) is 23.9 Å². The number of carbonyl (C=O) groups excluding carboxylic acids is 1. The Morgan fingerprint density at radius 2 is 1.88 bits per heavy atom. The van der Waals surface area contributed by atoms with Gasteiger partial charge in [0.25, 0.3) is 5.91 Å². The molecule has 0 atom stereocenters. The van der Waals surface area contributed by atoms with Crippen molar-refractivity contribution in [3.05, 3.63) is 52.5 Å². The van der Waals surface area contributed by atoms with Crippen molar-refractivity contribution in [3.8, 4) is 11.5 Å². The van der Waals surface area contributed by atoms with Gasteiger partial charge in [0.1, 0.15) is 0 Å². The normalized spacial score (nSPS) is 10.3. The lowest BCUT2D eigenvalue weighted by atomic mass is 10.2. The van der Waals surface area contributed by atoms with Crippen molar-refractivity contribution in [1.82, 2.24) is 5.32 Å². The third-order valence-corrected chi connectivity index (χ3v) is 4.67. The Balaban J connectivity index is 1.90. The van der Waals surface area contributed by atoms with E-state index in [9.17, 15) is 4.79 Å². The average molecular weight is 366 g/mol. The summed E-state index contributed by atoms with van der Waals surface area (Å²) >= 11 is 7.82. The van der Waals surface area contributed by atoms with Gasteiger partial charge in [-0.25, -0.2) is 0 Å². The van der Waals surface area contributed by atoms with Crippen LogP contribution in [0, 0.1) is 6.92 Å². The summed E-state index contributed by atoms with van der Waals surface area (Å²) in [5.74, 6) is 1.45. The van der Waals surface area contributed by atoms with Gasteiger partial charge in [0, 0.05) is 22.8 Å². The number of rotatable bonds is 7. The maximum absolute atomic E-state index is 12.2. The van der Waals surface area contributed by atoms with Gasteiger partial charge < -0.3 is 14.8 Å². The van der Waals surface area contributed by atoms with E-state index in [0.29, 0.717) is 28.6 Å². The van der Waals surface area contributed by atoms with Gasteiger partial charge in [0.15, 0.2) is 11.5 Å². The summed E-state index contributed by atoms with van der Waals surface area (Å²) in [4.78, 5) is 13.4. The monoisotopic (exact) mass is 365 g/mol. The minimum Gasteiger partial charge on any atom is -0.493 e. The van der Waals surface area contributed by atoms with Crippen molar-refractivity contribution >= 4 is 29.3 Å². The van der Waals surface area contributed by atoms with E-state index in [-0.39, 0.29) is 5.91 Å². The number of benzene rings is 2. The molecule has 0 aliphatic rings. The first-order chi connectivity index (χ1) is 11.5. The Hall–Kier alpha value is -1.85. The maximum atomic E-state index is 12.2. The van der Waals surface area contributed by atoms with Gasteiger partial charge in [-0.3, -0.25) is 4.79 Å². The van der Waals surface area contributed by atoms with Gasteiger partial charge in [-0.2, -0.15) is 0 Å². The van der Waals surface area contributed by atoms with E-state index in [1.165, 1.54) is 24.7 Å². The second-order valence-electron chi connectivity index (χ2n) is 5.11. The number of halogens is 1. The number of nitrogens with one attached hydrogen (secondary N) is 1. The van der Waals surface area contributed by atoms with E-state index < -0.39 is 0 Å². The first-order valence-electron chi connectivity index (χ1n) is 7.44. The van der Waals surface area contributed by atoms with Crippen LogP contribution in [0.1, 0.15) is 15.9 Å². The molecular weight excluding hydrogens is 346 g/mol. The van der Waals surface area contributed by atoms with Crippen molar-refractivity contribution in [2.75, 3.05) is 26.5 Å². The molecule has 2 rings (SSSR count). The quantitative estimate of drug-likeness (QED) is 0.590. The molecule has 0 spiro atoms. The number of hydrogen-bond donors (Lipinski definition) is 1. The van der Waals surface area contributed by atoms with Crippen LogP contribution in [0.25, 0.3) is 0 Å². The van der Waals surface area contributed by atoms with Gasteiger partial charge in [-0.05, 0) is 31.2 Å². The summed E-state index contributed by atoms with van der Waals surface area (Å²) in [6.07, 6.45) is 0. The molecule has 2 aromatic rings. The fourth-order valence-electron chi connectivity index (χ4n) is 2.12. The molecule has 0 heterocycles. The number of aryl methyl sites for hydroxylation is 1. The molecule has 128 valence electrons. The zero-order valence-corrected chi connectivity index (χ0v) is 15.5. The van der Waals surface area contributed by atoms with Gasteiger partial charge in [0.05, 0.1) is 19.2 Å². The van der Waals surface area contributed by atoms with Crippen LogP contribution in [0.3, 0.4) is 0 Å². The summed E-state index contributed by atoms with van der Waals surface area (Å²) in [6.45, 7) is 2.62. The molecule has 24 heavy (non-hydrogen) atoms. The summed E-state index contributed by atoms with van der Waals surface area (Å²) in [6, 6.07) is 11.5. The SMILES string of the molecule is COc1cc(C(=O)NCCSc2ccc(C)cc2)cc(Cl)c1OC. The maximum Gasteiger partial charge on any atom is 0.251 e. The molecular formula is C18H20ClNO3S. The van der Waals surface area contributed by atoms with Crippen molar-refractivity contribution < 1.29 is 14.3 Å². The fourth-order valence-corrected chi connectivity index (χ4v) is 3.18. The van der Waals surface area contributed by atoms with Crippen molar-refractivity contribution in [2.45, 2.75) is 11.8 Å². The molecule has 0 saturated carbocycles. The lowest BCUT2D eigenvalue weighted by molar-refractivity contribution is 0.0955. The second-order valence-corrected chi connectivity index (χ2v) is 6.69. The van der Waals surface area contributed by atoms with Crippen molar-refractivity contribution in [3.63, 3.8) is 0 Å². The Kier molecular flexibility index (Phi) is 6.82. The molecule has 0 aliphatic carbocycles. The Bertz CT molecular complexity index is 704. The van der Waals surface area contributed by atoms with Crippen LogP contribution < -0.4 is 14.8 Å². The highest BCUT2D eigenvalue weighted by Crippen LogP contribution is 2.35. The number of methoxy groups -OCH3 is 2. The third kappa shape index (κ3) is 4.82. The zero-order chi connectivity index (χ0) is 17.5. The van der Waals surface area contributed by atoms with Gasteiger partial charge in [0.2, 0.25) is 0 Å². The molecule has 0 radical (unpaired) electrons. The summed E-state index contributed by atoms with van der Waals surface area (Å²) < 4.78 is 10.4. The highest BCUT2D eigenvalue weighted by Gasteiger charge is 2.14. The second kappa shape index (κ2) is 8.85. The van der Waals surface area contributed by atoms with E-state index in [4.69, 9.17) is 21.1 Å². The molecule has 0 aliphatic heterocycles. The highest BCUT2D eigenvalue weighted by molar-refractivity contribution is 7.99. The van der Waals surface area contributed by atoms with Crippen LogP contribution in [0.4, 0.5) is 0 Å². The molecule has 0 aromatic heterocycles. The smallest absolute Gasteiger partial charge is 0.251 e. The van der Waals surface area contributed by atoms with Crippen LogP contribution >= 0.6 is 23.4 Å². The molecule has 0 fully saturated rings. The molecule has 0 unspecified atom stereocenters. The minimum atomic E-state index is -0.192. The predicted octanol–water partition coefficient (Wildman–Crippen LogP) is 4.19. The number of carbonyl (C=O) groups is 1. The topological polar surface area (TPSA) is 47.6 Å². The van der Waals surface area contributed by atoms with Crippen molar-refractivity contribution in [2.24, 2.45) is 0 Å². The van der Waals surface area contributed by atoms with Crippen LogP contribution in [0.5, 0.6) is 11.5 Å². The van der Waals surface area contributed by atoms with E-state index in [0.717, 1.165) is 5.75 Å². The largest absolute Gasteiger partial charge is 0.493 e. The molecule has 1 amide bonds. The molecule has 2 aromatic carbocycles. The van der Waals surface area contributed by atoms with Gasteiger partial charge in [-0.1, -0.05) is 29.3 Å². The van der Waals surface area contributed by atoms with Gasteiger partial charge >= 0.3 is 0 Å². The van der Waals surface area contributed by atoms with E-state index >= 15 is 0 Å². The van der Waals surface area contributed by atoms with Crippen molar-refractivity contribution in [1.29, 1.82) is 0 Å². The molecule has 1 N–H and O–H groups in total. The fraction of sp³-hybridized carbons (Fsp3) is 0.278. The predicted molar refractivity (Wildman–Crippen MR) is 98.8 cm³/mol. The number of amides is 1. The van der Waals surface area contributed by atoms with E-state index in [1.807, 2.05) is 0 Å². The number of hydrogen-bond acceptors (Lipinski definition) is 4.